The van der Waals surface area contributed by atoms with Crippen molar-refractivity contribution in [2.24, 2.45) is 0 Å². The van der Waals surface area contributed by atoms with Crippen molar-refractivity contribution in [2.45, 2.75) is 32.6 Å². The summed E-state index contributed by atoms with van der Waals surface area (Å²) in [6.07, 6.45) is 4.89. The van der Waals surface area contributed by atoms with Crippen LogP contribution in [0.1, 0.15) is 35.5 Å². The molecule has 0 fully saturated rings. The van der Waals surface area contributed by atoms with Crippen LogP contribution in [0.15, 0.2) is 24.3 Å². The van der Waals surface area contributed by atoms with Crippen LogP contribution in [0.2, 0.25) is 0 Å². The Balaban J connectivity index is 2.07. The van der Waals surface area contributed by atoms with Crippen molar-refractivity contribution < 1.29 is 0 Å². The fourth-order valence-electron chi connectivity index (χ4n) is 2.67. The maximum Gasteiger partial charge on any atom is 0.144 e. The van der Waals surface area contributed by atoms with E-state index in [1.54, 1.807) is 6.07 Å². The first-order valence-electron chi connectivity index (χ1n) is 6.64. The summed E-state index contributed by atoms with van der Waals surface area (Å²) in [4.78, 5) is 8.53. The van der Waals surface area contributed by atoms with Crippen molar-refractivity contribution in [1.29, 1.82) is 5.26 Å². The molecule has 0 unspecified atom stereocenters. The lowest BCUT2D eigenvalue weighted by atomic mass is 9.90. The van der Waals surface area contributed by atoms with Gasteiger partial charge >= 0.3 is 0 Å². The molecule has 3 rings (SSSR count). The summed E-state index contributed by atoms with van der Waals surface area (Å²) in [7, 11) is 0. The fraction of sp³-hybridized carbons (Fsp3) is 0.312. The molecule has 0 saturated carbocycles. The predicted molar refractivity (Wildman–Crippen MR) is 73.6 cm³/mol. The first-order valence-corrected chi connectivity index (χ1v) is 6.64. The Morgan fingerprint density at radius 3 is 2.63 bits per heavy atom. The lowest BCUT2D eigenvalue weighted by Crippen LogP contribution is -2.03. The summed E-state index contributed by atoms with van der Waals surface area (Å²) in [5.41, 5.74) is 5.25. The van der Waals surface area contributed by atoms with E-state index in [0.29, 0.717) is 11.5 Å². The summed E-state index contributed by atoms with van der Waals surface area (Å²) in [5.74, 6) is 0.645. The van der Waals surface area contributed by atoms with Crippen LogP contribution in [0.5, 0.6) is 0 Å². The second-order valence-corrected chi connectivity index (χ2v) is 4.99. The average Bonchev–Trinajstić information content (AvgIpc) is 2.46. The highest BCUT2D eigenvalue weighted by Gasteiger charge is 2.11. The number of nitrogens with zero attached hydrogens (tertiary/aromatic N) is 3. The van der Waals surface area contributed by atoms with Gasteiger partial charge in [0.15, 0.2) is 0 Å². The zero-order valence-corrected chi connectivity index (χ0v) is 11.0. The number of hydrogen-bond donors (Lipinski definition) is 0. The van der Waals surface area contributed by atoms with Crippen molar-refractivity contribution >= 4 is 0 Å². The van der Waals surface area contributed by atoms with Gasteiger partial charge < -0.3 is 0 Å². The smallest absolute Gasteiger partial charge is 0.144 e. The molecule has 0 N–H and O–H groups in total. The molecule has 3 nitrogen and oxygen atoms in total. The van der Waals surface area contributed by atoms with Gasteiger partial charge in [-0.25, -0.2) is 9.97 Å². The first-order chi connectivity index (χ1) is 9.26. The van der Waals surface area contributed by atoms with Crippen LogP contribution in [0.4, 0.5) is 0 Å². The van der Waals surface area contributed by atoms with Gasteiger partial charge in [-0.05, 0) is 49.8 Å². The molecular formula is C16H15N3. The monoisotopic (exact) mass is 249 g/mol. The van der Waals surface area contributed by atoms with E-state index in [1.807, 2.05) is 6.92 Å². The molecule has 0 bridgehead atoms. The standard InChI is InChI=1S/C16H15N3/c1-11-18-15(10-17)9-16(19-11)14-7-6-12-4-2-3-5-13(12)8-14/h6-9H,2-5H2,1H3. The van der Waals surface area contributed by atoms with E-state index in [1.165, 1.54) is 30.4 Å². The van der Waals surface area contributed by atoms with Crippen LogP contribution in [-0.4, -0.2) is 9.97 Å². The second kappa shape index (κ2) is 4.81. The van der Waals surface area contributed by atoms with Crippen molar-refractivity contribution in [3.05, 3.63) is 46.9 Å². The molecule has 0 aliphatic heterocycles. The van der Waals surface area contributed by atoms with Crippen LogP contribution in [0.25, 0.3) is 11.3 Å². The van der Waals surface area contributed by atoms with E-state index in [-0.39, 0.29) is 0 Å². The highest BCUT2D eigenvalue weighted by molar-refractivity contribution is 5.62. The summed E-state index contributed by atoms with van der Waals surface area (Å²) < 4.78 is 0. The van der Waals surface area contributed by atoms with Crippen molar-refractivity contribution in [3.63, 3.8) is 0 Å². The molecule has 0 amide bonds. The van der Waals surface area contributed by atoms with Gasteiger partial charge in [-0.1, -0.05) is 12.1 Å². The molecular weight excluding hydrogens is 234 g/mol. The Morgan fingerprint density at radius 1 is 1.05 bits per heavy atom. The zero-order valence-electron chi connectivity index (χ0n) is 11.0. The summed E-state index contributed by atoms with van der Waals surface area (Å²) in [5, 5.41) is 8.99. The van der Waals surface area contributed by atoms with E-state index in [0.717, 1.165) is 17.7 Å². The molecule has 0 atom stereocenters. The largest absolute Gasteiger partial charge is 0.233 e. The Kier molecular flexibility index (Phi) is 3.00. The van der Waals surface area contributed by atoms with Crippen LogP contribution in [0, 0.1) is 18.3 Å². The van der Waals surface area contributed by atoms with E-state index in [2.05, 4.69) is 34.2 Å². The Bertz CT molecular complexity index is 668. The molecule has 3 heteroatoms. The second-order valence-electron chi connectivity index (χ2n) is 4.99. The molecule has 19 heavy (non-hydrogen) atoms. The molecule has 1 aliphatic carbocycles. The highest BCUT2D eigenvalue weighted by atomic mass is 14.9. The highest BCUT2D eigenvalue weighted by Crippen LogP contribution is 2.26. The number of aromatic nitrogens is 2. The molecule has 94 valence electrons. The number of benzene rings is 1. The average molecular weight is 249 g/mol. The molecule has 2 aromatic rings. The predicted octanol–water partition coefficient (Wildman–Crippen LogP) is 3.20. The molecule has 0 radical (unpaired) electrons. The first kappa shape index (κ1) is 11.9. The molecule has 1 aromatic heterocycles. The molecule has 1 aliphatic rings. The minimum atomic E-state index is 0.431. The molecule has 1 aromatic carbocycles. The van der Waals surface area contributed by atoms with Crippen molar-refractivity contribution in [1.82, 2.24) is 9.97 Å². The van der Waals surface area contributed by atoms with Crippen LogP contribution in [0.3, 0.4) is 0 Å². The third-order valence-corrected chi connectivity index (χ3v) is 3.60. The van der Waals surface area contributed by atoms with Crippen molar-refractivity contribution in [2.75, 3.05) is 0 Å². The lowest BCUT2D eigenvalue weighted by molar-refractivity contribution is 0.686. The molecule has 1 heterocycles. The van der Waals surface area contributed by atoms with Gasteiger partial charge in [0.05, 0.1) is 5.69 Å². The van der Waals surface area contributed by atoms with E-state index in [4.69, 9.17) is 5.26 Å². The van der Waals surface area contributed by atoms with Crippen molar-refractivity contribution in [3.8, 4) is 17.3 Å². The maximum atomic E-state index is 8.99. The number of hydrogen-bond acceptors (Lipinski definition) is 3. The van der Waals surface area contributed by atoms with E-state index >= 15 is 0 Å². The molecule has 0 saturated heterocycles. The quantitative estimate of drug-likeness (QED) is 0.779. The maximum absolute atomic E-state index is 8.99. The lowest BCUT2D eigenvalue weighted by Gasteiger charge is -2.16. The summed E-state index contributed by atoms with van der Waals surface area (Å²) >= 11 is 0. The third-order valence-electron chi connectivity index (χ3n) is 3.60. The van der Waals surface area contributed by atoms with Crippen LogP contribution >= 0.6 is 0 Å². The third kappa shape index (κ3) is 2.34. The molecule has 0 spiro atoms. The minimum Gasteiger partial charge on any atom is -0.233 e. The Hall–Kier alpha value is -2.21. The number of nitriles is 1. The van der Waals surface area contributed by atoms with Crippen LogP contribution in [-0.2, 0) is 12.8 Å². The Morgan fingerprint density at radius 2 is 1.84 bits per heavy atom. The van der Waals surface area contributed by atoms with Gasteiger partial charge in [0.2, 0.25) is 0 Å². The summed E-state index contributed by atoms with van der Waals surface area (Å²) in [6.45, 7) is 1.82. The van der Waals surface area contributed by atoms with E-state index < -0.39 is 0 Å². The fourth-order valence-corrected chi connectivity index (χ4v) is 2.67. The normalized spacial score (nSPS) is 13.7. The van der Waals surface area contributed by atoms with Gasteiger partial charge in [-0.2, -0.15) is 5.26 Å². The van der Waals surface area contributed by atoms with Crippen LogP contribution < -0.4 is 0 Å². The summed E-state index contributed by atoms with van der Waals surface area (Å²) in [6, 6.07) is 10.4. The topological polar surface area (TPSA) is 49.6 Å². The number of rotatable bonds is 1. The van der Waals surface area contributed by atoms with E-state index in [9.17, 15) is 0 Å². The van der Waals surface area contributed by atoms with Gasteiger partial charge in [-0.3, -0.25) is 0 Å². The number of aryl methyl sites for hydroxylation is 3. The number of fused-ring (bicyclic) bond motifs is 1. The van der Waals surface area contributed by atoms with Gasteiger partial charge in [0.1, 0.15) is 17.6 Å². The van der Waals surface area contributed by atoms with Gasteiger partial charge in [0.25, 0.3) is 0 Å². The SMILES string of the molecule is Cc1nc(C#N)cc(-c2ccc3c(c2)CCCC3)n1. The zero-order chi connectivity index (χ0) is 13.2. The van der Waals surface area contributed by atoms with Gasteiger partial charge in [0, 0.05) is 11.6 Å². The minimum absolute atomic E-state index is 0.431. The van der Waals surface area contributed by atoms with Gasteiger partial charge in [-0.15, -0.1) is 0 Å². The Labute approximate surface area is 113 Å².